The third-order valence-corrected chi connectivity index (χ3v) is 4.06. The van der Waals surface area contributed by atoms with E-state index in [1.807, 2.05) is 50.2 Å². The molecule has 0 heterocycles. The first kappa shape index (κ1) is 17.7. The van der Waals surface area contributed by atoms with Gasteiger partial charge in [0.15, 0.2) is 6.61 Å². The van der Waals surface area contributed by atoms with Crippen LogP contribution in [0.15, 0.2) is 50.4 Å². The zero-order valence-corrected chi connectivity index (χ0v) is 15.9. The lowest BCUT2D eigenvalue weighted by atomic mass is 10.1. The lowest BCUT2D eigenvalue weighted by Gasteiger charge is -2.11. The van der Waals surface area contributed by atoms with Crippen LogP contribution in [-0.2, 0) is 4.79 Å². The summed E-state index contributed by atoms with van der Waals surface area (Å²) in [6.07, 6.45) is 1.58. The van der Waals surface area contributed by atoms with Gasteiger partial charge in [0.2, 0.25) is 0 Å². The van der Waals surface area contributed by atoms with Gasteiger partial charge in [-0.1, -0.05) is 34.1 Å². The number of rotatable bonds is 5. The minimum absolute atomic E-state index is 0.0989. The predicted octanol–water partition coefficient (Wildman–Crippen LogP) is 4.36. The van der Waals surface area contributed by atoms with E-state index in [0.717, 1.165) is 25.6 Å². The maximum Gasteiger partial charge on any atom is 0.277 e. The monoisotopic (exact) mass is 438 g/mol. The van der Waals surface area contributed by atoms with Crippen molar-refractivity contribution in [3.05, 3.63) is 62.0 Å². The Labute approximate surface area is 152 Å². The van der Waals surface area contributed by atoms with Crippen LogP contribution in [0.4, 0.5) is 0 Å². The Morgan fingerprint density at radius 3 is 2.74 bits per heavy atom. The Hall–Kier alpha value is -1.66. The first-order chi connectivity index (χ1) is 11.0. The largest absolute Gasteiger partial charge is 0.482 e. The van der Waals surface area contributed by atoms with E-state index in [1.165, 1.54) is 0 Å². The smallest absolute Gasteiger partial charge is 0.277 e. The summed E-state index contributed by atoms with van der Waals surface area (Å²) in [4.78, 5) is 11.8. The lowest BCUT2D eigenvalue weighted by molar-refractivity contribution is -0.123. The molecule has 0 fully saturated rings. The molecule has 23 heavy (non-hydrogen) atoms. The van der Waals surface area contributed by atoms with Crippen LogP contribution < -0.4 is 10.2 Å². The molecule has 0 bridgehead atoms. The van der Waals surface area contributed by atoms with E-state index in [2.05, 4.69) is 42.4 Å². The van der Waals surface area contributed by atoms with Crippen LogP contribution in [0.25, 0.3) is 0 Å². The number of carbonyl (C=O) groups excluding carboxylic acids is 1. The van der Waals surface area contributed by atoms with Gasteiger partial charge in [-0.15, -0.1) is 0 Å². The van der Waals surface area contributed by atoms with E-state index >= 15 is 0 Å². The molecule has 1 amide bonds. The molecule has 0 aliphatic carbocycles. The first-order valence-corrected chi connectivity index (χ1v) is 8.51. The summed E-state index contributed by atoms with van der Waals surface area (Å²) < 4.78 is 7.35. The van der Waals surface area contributed by atoms with Gasteiger partial charge in [-0.3, -0.25) is 4.79 Å². The van der Waals surface area contributed by atoms with Gasteiger partial charge in [0.05, 0.1) is 10.7 Å². The van der Waals surface area contributed by atoms with Gasteiger partial charge in [-0.25, -0.2) is 5.43 Å². The summed E-state index contributed by atoms with van der Waals surface area (Å²) in [5, 5.41) is 3.92. The molecule has 2 aromatic rings. The van der Waals surface area contributed by atoms with E-state index in [0.29, 0.717) is 5.75 Å². The number of hydrogen-bond acceptors (Lipinski definition) is 3. The zero-order chi connectivity index (χ0) is 16.8. The van der Waals surface area contributed by atoms with Crippen LogP contribution in [0.1, 0.15) is 16.7 Å². The molecular formula is C17H16Br2N2O2. The maximum atomic E-state index is 11.8. The molecule has 0 radical (unpaired) electrons. The average molecular weight is 440 g/mol. The summed E-state index contributed by atoms with van der Waals surface area (Å²) in [5.41, 5.74) is 5.44. The molecule has 0 spiro atoms. The standard InChI is InChI=1S/C17H16Br2N2O2/c1-11-6-12(2)17(15(19)7-11)23-10-16(22)21-20-9-13-4-3-5-14(18)8-13/h3-9H,10H2,1-2H3,(H,21,22). The maximum absolute atomic E-state index is 11.8. The van der Waals surface area contributed by atoms with Gasteiger partial charge in [-0.2, -0.15) is 5.10 Å². The quantitative estimate of drug-likeness (QED) is 0.555. The number of ether oxygens (including phenoxy) is 1. The Kier molecular flexibility index (Phi) is 6.36. The molecule has 0 saturated heterocycles. The molecule has 6 heteroatoms. The van der Waals surface area contributed by atoms with Gasteiger partial charge in [-0.05, 0) is 64.7 Å². The Morgan fingerprint density at radius 1 is 1.26 bits per heavy atom. The van der Waals surface area contributed by atoms with Crippen molar-refractivity contribution in [3.63, 3.8) is 0 Å². The average Bonchev–Trinajstić information content (AvgIpc) is 2.46. The molecule has 0 saturated carbocycles. The molecule has 0 unspecified atom stereocenters. The Bertz CT molecular complexity index is 722. The third kappa shape index (κ3) is 5.48. The number of nitrogens with zero attached hydrogens (tertiary/aromatic N) is 1. The number of hydrogen-bond donors (Lipinski definition) is 1. The normalized spacial score (nSPS) is 10.8. The number of carbonyl (C=O) groups is 1. The summed E-state index contributed by atoms with van der Waals surface area (Å²) in [6, 6.07) is 11.6. The molecule has 0 aromatic heterocycles. The minimum atomic E-state index is -0.317. The highest BCUT2D eigenvalue weighted by molar-refractivity contribution is 9.10. The van der Waals surface area contributed by atoms with Gasteiger partial charge in [0, 0.05) is 4.47 Å². The van der Waals surface area contributed by atoms with E-state index in [-0.39, 0.29) is 12.5 Å². The van der Waals surface area contributed by atoms with E-state index in [1.54, 1.807) is 6.21 Å². The third-order valence-electron chi connectivity index (χ3n) is 2.97. The molecule has 2 rings (SSSR count). The van der Waals surface area contributed by atoms with Crippen molar-refractivity contribution in [2.75, 3.05) is 6.61 Å². The molecule has 4 nitrogen and oxygen atoms in total. The van der Waals surface area contributed by atoms with Crippen LogP contribution in [-0.4, -0.2) is 18.7 Å². The van der Waals surface area contributed by atoms with Crippen LogP contribution in [0.2, 0.25) is 0 Å². The van der Waals surface area contributed by atoms with Gasteiger partial charge in [0.1, 0.15) is 5.75 Å². The van der Waals surface area contributed by atoms with Gasteiger partial charge in [0.25, 0.3) is 5.91 Å². The molecule has 2 aromatic carbocycles. The number of aryl methyl sites for hydroxylation is 2. The van der Waals surface area contributed by atoms with Gasteiger partial charge >= 0.3 is 0 Å². The highest BCUT2D eigenvalue weighted by Crippen LogP contribution is 2.30. The van der Waals surface area contributed by atoms with E-state index in [4.69, 9.17) is 4.74 Å². The van der Waals surface area contributed by atoms with Crippen molar-refractivity contribution in [1.29, 1.82) is 0 Å². The number of benzene rings is 2. The van der Waals surface area contributed by atoms with Crippen molar-refractivity contribution in [1.82, 2.24) is 5.43 Å². The number of hydrazone groups is 1. The second-order valence-corrected chi connectivity index (χ2v) is 6.80. The molecule has 0 aliphatic heterocycles. The van der Waals surface area contributed by atoms with Crippen molar-refractivity contribution in [2.45, 2.75) is 13.8 Å². The van der Waals surface area contributed by atoms with E-state index < -0.39 is 0 Å². The molecule has 120 valence electrons. The van der Waals surface area contributed by atoms with Crippen LogP contribution in [0.5, 0.6) is 5.75 Å². The number of nitrogens with one attached hydrogen (secondary N) is 1. The summed E-state index contributed by atoms with van der Waals surface area (Å²) in [7, 11) is 0. The second kappa shape index (κ2) is 8.26. The highest BCUT2D eigenvalue weighted by atomic mass is 79.9. The minimum Gasteiger partial charge on any atom is -0.482 e. The Morgan fingerprint density at radius 2 is 2.04 bits per heavy atom. The van der Waals surface area contributed by atoms with E-state index in [9.17, 15) is 4.79 Å². The van der Waals surface area contributed by atoms with Crippen molar-refractivity contribution in [2.24, 2.45) is 5.10 Å². The fourth-order valence-electron chi connectivity index (χ4n) is 2.02. The highest BCUT2D eigenvalue weighted by Gasteiger charge is 2.08. The Balaban J connectivity index is 1.88. The first-order valence-electron chi connectivity index (χ1n) is 6.92. The predicted molar refractivity (Wildman–Crippen MR) is 99.0 cm³/mol. The fourth-order valence-corrected chi connectivity index (χ4v) is 3.23. The van der Waals surface area contributed by atoms with Crippen molar-refractivity contribution < 1.29 is 9.53 Å². The number of halogens is 2. The molecule has 0 aliphatic rings. The SMILES string of the molecule is Cc1cc(C)c(OCC(=O)NN=Cc2cccc(Br)c2)c(Br)c1. The molecule has 0 atom stereocenters. The fraction of sp³-hybridized carbons (Fsp3) is 0.176. The molecule has 1 N–H and O–H groups in total. The summed E-state index contributed by atoms with van der Waals surface area (Å²) in [5.74, 6) is 0.352. The second-order valence-electron chi connectivity index (χ2n) is 5.03. The van der Waals surface area contributed by atoms with Crippen LogP contribution >= 0.6 is 31.9 Å². The van der Waals surface area contributed by atoms with Crippen LogP contribution in [0, 0.1) is 13.8 Å². The lowest BCUT2D eigenvalue weighted by Crippen LogP contribution is -2.24. The topological polar surface area (TPSA) is 50.7 Å². The summed E-state index contributed by atoms with van der Waals surface area (Å²) >= 11 is 6.83. The van der Waals surface area contributed by atoms with Crippen LogP contribution in [0.3, 0.4) is 0 Å². The zero-order valence-electron chi connectivity index (χ0n) is 12.8. The van der Waals surface area contributed by atoms with Crippen molar-refractivity contribution in [3.8, 4) is 5.75 Å². The molecular weight excluding hydrogens is 424 g/mol. The van der Waals surface area contributed by atoms with Crippen molar-refractivity contribution >= 4 is 44.0 Å². The van der Waals surface area contributed by atoms with Gasteiger partial charge < -0.3 is 4.74 Å². The summed E-state index contributed by atoms with van der Waals surface area (Å²) in [6.45, 7) is 3.85. The number of amides is 1.